The Bertz CT molecular complexity index is 498. The van der Waals surface area contributed by atoms with Crippen molar-refractivity contribution in [3.8, 4) is 0 Å². The predicted molar refractivity (Wildman–Crippen MR) is 71.6 cm³/mol. The van der Waals surface area contributed by atoms with Crippen LogP contribution in [0.1, 0.15) is 34.6 Å². The van der Waals surface area contributed by atoms with Crippen LogP contribution < -0.4 is 0 Å². The van der Waals surface area contributed by atoms with Crippen LogP contribution in [0, 0.1) is 6.92 Å². The second kappa shape index (κ2) is 6.31. The molecule has 98 valence electrons. The lowest BCUT2D eigenvalue weighted by atomic mass is 10.5. The van der Waals surface area contributed by atoms with Gasteiger partial charge in [-0.15, -0.1) is 23.1 Å². The highest BCUT2D eigenvalue weighted by Crippen LogP contribution is 2.30. The molecule has 2 aromatic rings. The fourth-order valence-corrected chi connectivity index (χ4v) is 3.08. The number of thiazole rings is 1. The average molecular weight is 285 g/mol. The molecule has 0 aliphatic carbocycles. The van der Waals surface area contributed by atoms with E-state index in [-0.39, 0.29) is 5.25 Å². The first-order valence-corrected chi connectivity index (χ1v) is 7.46. The minimum absolute atomic E-state index is 0.160. The second-order valence-electron chi connectivity index (χ2n) is 3.82. The molecule has 5 nitrogen and oxygen atoms in total. The number of hydrogen-bond acceptors (Lipinski definition) is 7. The lowest BCUT2D eigenvalue weighted by Gasteiger charge is -2.03. The zero-order valence-electron chi connectivity index (χ0n) is 10.5. The van der Waals surface area contributed by atoms with E-state index in [4.69, 9.17) is 9.26 Å². The minimum atomic E-state index is 0.160. The molecule has 1 atom stereocenters. The van der Waals surface area contributed by atoms with Crippen molar-refractivity contribution in [3.05, 3.63) is 27.8 Å². The Labute approximate surface area is 114 Å². The molecule has 0 aliphatic heterocycles. The van der Waals surface area contributed by atoms with Crippen molar-refractivity contribution < 1.29 is 9.26 Å². The van der Waals surface area contributed by atoms with Gasteiger partial charge in [-0.3, -0.25) is 0 Å². The van der Waals surface area contributed by atoms with Crippen LogP contribution >= 0.6 is 23.1 Å². The lowest BCUT2D eigenvalue weighted by molar-refractivity contribution is 0.174. The highest BCUT2D eigenvalue weighted by atomic mass is 32.2. The van der Waals surface area contributed by atoms with Crippen molar-refractivity contribution in [2.24, 2.45) is 0 Å². The summed E-state index contributed by atoms with van der Waals surface area (Å²) in [4.78, 5) is 8.70. The molecule has 2 aromatic heterocycles. The minimum Gasteiger partial charge on any atom is -0.377 e. The molecule has 0 saturated carbocycles. The van der Waals surface area contributed by atoms with Gasteiger partial charge >= 0.3 is 0 Å². The van der Waals surface area contributed by atoms with Gasteiger partial charge in [0.1, 0.15) is 11.6 Å². The SMILES string of the molecule is COCc1noc(C(C)SCc2nc(C)cs2)n1. The Balaban J connectivity index is 1.88. The van der Waals surface area contributed by atoms with Gasteiger partial charge in [0, 0.05) is 23.9 Å². The van der Waals surface area contributed by atoms with Gasteiger partial charge in [-0.1, -0.05) is 5.16 Å². The molecule has 0 aliphatic rings. The monoisotopic (exact) mass is 285 g/mol. The number of methoxy groups -OCH3 is 1. The average Bonchev–Trinajstić information content (AvgIpc) is 2.96. The van der Waals surface area contributed by atoms with Gasteiger partial charge in [0.15, 0.2) is 5.82 Å². The Kier molecular flexibility index (Phi) is 4.73. The second-order valence-corrected chi connectivity index (χ2v) is 6.09. The summed E-state index contributed by atoms with van der Waals surface area (Å²) < 4.78 is 10.1. The maximum atomic E-state index is 5.19. The third-order valence-electron chi connectivity index (χ3n) is 2.23. The molecule has 18 heavy (non-hydrogen) atoms. The van der Waals surface area contributed by atoms with E-state index in [1.165, 1.54) is 0 Å². The number of thioether (sulfide) groups is 1. The topological polar surface area (TPSA) is 61.0 Å². The van der Waals surface area contributed by atoms with Crippen molar-refractivity contribution >= 4 is 23.1 Å². The Hall–Kier alpha value is -0.920. The largest absolute Gasteiger partial charge is 0.377 e. The van der Waals surface area contributed by atoms with E-state index in [1.54, 1.807) is 30.2 Å². The quantitative estimate of drug-likeness (QED) is 0.813. The van der Waals surface area contributed by atoms with E-state index >= 15 is 0 Å². The molecule has 7 heteroatoms. The number of aromatic nitrogens is 3. The Morgan fingerprint density at radius 3 is 3.00 bits per heavy atom. The molecule has 0 saturated heterocycles. The maximum Gasteiger partial charge on any atom is 0.239 e. The first kappa shape index (κ1) is 13.5. The van der Waals surface area contributed by atoms with Crippen LogP contribution in [0.3, 0.4) is 0 Å². The molecule has 1 unspecified atom stereocenters. The summed E-state index contributed by atoms with van der Waals surface area (Å²) in [5.74, 6) is 2.09. The van der Waals surface area contributed by atoms with Crippen LogP contribution in [0.4, 0.5) is 0 Å². The summed E-state index contributed by atoms with van der Waals surface area (Å²) in [6, 6.07) is 0. The van der Waals surface area contributed by atoms with Crippen LogP contribution in [0.15, 0.2) is 9.90 Å². The molecule has 0 spiro atoms. The van der Waals surface area contributed by atoms with E-state index in [9.17, 15) is 0 Å². The first-order chi connectivity index (χ1) is 8.69. The van der Waals surface area contributed by atoms with Crippen LogP contribution in [0.2, 0.25) is 0 Å². The smallest absolute Gasteiger partial charge is 0.239 e. The Morgan fingerprint density at radius 2 is 2.33 bits per heavy atom. The van der Waals surface area contributed by atoms with Crippen LogP contribution in [0.25, 0.3) is 0 Å². The van der Waals surface area contributed by atoms with E-state index in [2.05, 4.69) is 27.4 Å². The summed E-state index contributed by atoms with van der Waals surface area (Å²) in [5.41, 5.74) is 1.07. The van der Waals surface area contributed by atoms with Crippen LogP contribution in [-0.4, -0.2) is 22.2 Å². The van der Waals surface area contributed by atoms with Gasteiger partial charge in [0.25, 0.3) is 0 Å². The van der Waals surface area contributed by atoms with E-state index in [0.29, 0.717) is 18.3 Å². The summed E-state index contributed by atoms with van der Waals surface area (Å²) >= 11 is 3.42. The van der Waals surface area contributed by atoms with Crippen LogP contribution in [-0.2, 0) is 17.1 Å². The number of ether oxygens (including phenoxy) is 1. The normalized spacial score (nSPS) is 12.8. The zero-order valence-corrected chi connectivity index (χ0v) is 12.2. The molecule has 2 heterocycles. The number of hydrogen-bond donors (Lipinski definition) is 0. The molecule has 0 bridgehead atoms. The van der Waals surface area contributed by atoms with Crippen molar-refractivity contribution in [3.63, 3.8) is 0 Å². The molecule has 0 N–H and O–H groups in total. The molecule has 2 rings (SSSR count). The van der Waals surface area contributed by atoms with Crippen LogP contribution in [0.5, 0.6) is 0 Å². The fourth-order valence-electron chi connectivity index (χ4n) is 1.36. The van der Waals surface area contributed by atoms with Gasteiger partial charge in [-0.05, 0) is 13.8 Å². The van der Waals surface area contributed by atoms with Crippen molar-refractivity contribution in [2.75, 3.05) is 7.11 Å². The van der Waals surface area contributed by atoms with Crippen molar-refractivity contribution in [1.29, 1.82) is 0 Å². The molecule has 0 aromatic carbocycles. The van der Waals surface area contributed by atoms with Gasteiger partial charge in [-0.2, -0.15) is 4.98 Å². The predicted octanol–water partition coefficient (Wildman–Crippen LogP) is 2.98. The lowest BCUT2D eigenvalue weighted by Crippen LogP contribution is -1.93. The summed E-state index contributed by atoms with van der Waals surface area (Å²) in [6.45, 7) is 4.44. The molecule has 0 fully saturated rings. The fraction of sp³-hybridized carbons (Fsp3) is 0.545. The summed E-state index contributed by atoms with van der Waals surface area (Å²) in [6.07, 6.45) is 0. The first-order valence-electron chi connectivity index (χ1n) is 5.53. The molecule has 0 amide bonds. The van der Waals surface area contributed by atoms with Gasteiger partial charge < -0.3 is 9.26 Å². The summed E-state index contributed by atoms with van der Waals surface area (Å²) in [5, 5.41) is 7.19. The van der Waals surface area contributed by atoms with Gasteiger partial charge in [0.2, 0.25) is 5.89 Å². The van der Waals surface area contributed by atoms with Gasteiger partial charge in [-0.25, -0.2) is 4.98 Å². The third kappa shape index (κ3) is 3.54. The standard InChI is InChI=1S/C11H15N3O2S2/c1-7-5-18-10(12-7)6-17-8(2)11-13-9(4-15-3)14-16-11/h5,8H,4,6H2,1-3H3. The van der Waals surface area contributed by atoms with E-state index in [0.717, 1.165) is 16.5 Å². The third-order valence-corrected chi connectivity index (χ3v) is 4.52. The van der Waals surface area contributed by atoms with E-state index in [1.807, 2.05) is 6.92 Å². The van der Waals surface area contributed by atoms with Crippen molar-refractivity contribution in [2.45, 2.75) is 31.5 Å². The number of aryl methyl sites for hydroxylation is 1. The number of rotatable bonds is 6. The maximum absolute atomic E-state index is 5.19. The molecular formula is C11H15N3O2S2. The van der Waals surface area contributed by atoms with Gasteiger partial charge in [0.05, 0.1) is 5.25 Å². The Morgan fingerprint density at radius 1 is 1.50 bits per heavy atom. The zero-order chi connectivity index (χ0) is 13.0. The van der Waals surface area contributed by atoms with E-state index < -0.39 is 0 Å². The molecular weight excluding hydrogens is 270 g/mol. The highest BCUT2D eigenvalue weighted by molar-refractivity contribution is 7.98. The highest BCUT2D eigenvalue weighted by Gasteiger charge is 2.15. The summed E-state index contributed by atoms with van der Waals surface area (Å²) in [7, 11) is 1.61. The molecule has 0 radical (unpaired) electrons. The van der Waals surface area contributed by atoms with Crippen molar-refractivity contribution in [1.82, 2.24) is 15.1 Å². The number of nitrogens with zero attached hydrogens (tertiary/aromatic N) is 3.